The van der Waals surface area contributed by atoms with Crippen molar-refractivity contribution in [2.75, 3.05) is 0 Å². The van der Waals surface area contributed by atoms with Gasteiger partial charge < -0.3 is 4.57 Å². The summed E-state index contributed by atoms with van der Waals surface area (Å²) in [6, 6.07) is 6.11. The van der Waals surface area contributed by atoms with Crippen LogP contribution in [0, 0.1) is 27.3 Å². The van der Waals surface area contributed by atoms with Gasteiger partial charge in [0.1, 0.15) is 5.00 Å². The quantitative estimate of drug-likeness (QED) is 0.637. The fourth-order valence-electron chi connectivity index (χ4n) is 1.72. The summed E-state index contributed by atoms with van der Waals surface area (Å²) in [6.45, 7) is 13.3. The fourth-order valence-corrected chi connectivity index (χ4v) is 2.78. The van der Waals surface area contributed by atoms with Gasteiger partial charge in [-0.05, 0) is 43.8 Å². The minimum absolute atomic E-state index is 0.750. The first-order valence-electron chi connectivity index (χ1n) is 4.76. The molecule has 0 fully saturated rings. The van der Waals surface area contributed by atoms with Crippen LogP contribution in [0.4, 0.5) is 5.69 Å². The molecular formula is C12H12N2S. The summed E-state index contributed by atoms with van der Waals surface area (Å²) in [5.74, 6) is 0. The topological polar surface area (TPSA) is 9.29 Å². The molecule has 0 saturated heterocycles. The van der Waals surface area contributed by atoms with E-state index in [-0.39, 0.29) is 0 Å². The van der Waals surface area contributed by atoms with Crippen LogP contribution in [0.15, 0.2) is 18.2 Å². The number of aromatic nitrogens is 1. The average molecular weight is 216 g/mol. The van der Waals surface area contributed by atoms with Crippen LogP contribution in [0.2, 0.25) is 0 Å². The minimum atomic E-state index is 0.750. The molecule has 0 saturated carbocycles. The molecule has 0 N–H and O–H groups in total. The lowest BCUT2D eigenvalue weighted by atomic mass is 10.4. The van der Waals surface area contributed by atoms with Crippen molar-refractivity contribution >= 4 is 17.0 Å². The standard InChI is InChI=1S/C12H12N2S/c1-8-5-6-9(2)14(8)12-11(13-4)7-10(3)15-12/h5-7H,1-3H3. The number of hydrogen-bond donors (Lipinski definition) is 0. The zero-order valence-corrected chi connectivity index (χ0v) is 9.85. The van der Waals surface area contributed by atoms with Crippen LogP contribution in [0.3, 0.4) is 0 Å². The van der Waals surface area contributed by atoms with Crippen LogP contribution in [0.1, 0.15) is 16.3 Å². The second-order valence-electron chi connectivity index (χ2n) is 3.61. The summed E-state index contributed by atoms with van der Waals surface area (Å²) >= 11 is 1.67. The number of thiophene rings is 1. The second-order valence-corrected chi connectivity index (χ2v) is 4.85. The Labute approximate surface area is 93.6 Å². The lowest BCUT2D eigenvalue weighted by molar-refractivity contribution is 0.989. The van der Waals surface area contributed by atoms with Gasteiger partial charge in [0.2, 0.25) is 5.69 Å². The van der Waals surface area contributed by atoms with Crippen molar-refractivity contribution in [1.82, 2.24) is 4.57 Å². The number of nitrogens with zero attached hydrogens (tertiary/aromatic N) is 2. The van der Waals surface area contributed by atoms with E-state index >= 15 is 0 Å². The number of hydrogen-bond acceptors (Lipinski definition) is 1. The van der Waals surface area contributed by atoms with Crippen molar-refractivity contribution in [3.05, 3.63) is 45.9 Å². The van der Waals surface area contributed by atoms with Crippen molar-refractivity contribution in [3.8, 4) is 5.00 Å². The van der Waals surface area contributed by atoms with Gasteiger partial charge in [-0.15, -0.1) is 11.3 Å². The van der Waals surface area contributed by atoms with Gasteiger partial charge in [-0.2, -0.15) is 0 Å². The van der Waals surface area contributed by atoms with Crippen LogP contribution in [0.5, 0.6) is 0 Å². The Bertz CT molecular complexity index is 521. The Morgan fingerprint density at radius 2 is 1.80 bits per heavy atom. The first kappa shape index (κ1) is 10.0. The molecular weight excluding hydrogens is 204 g/mol. The van der Waals surface area contributed by atoms with Gasteiger partial charge in [0, 0.05) is 11.4 Å². The third-order valence-corrected chi connectivity index (χ3v) is 3.44. The van der Waals surface area contributed by atoms with Crippen molar-refractivity contribution in [3.63, 3.8) is 0 Å². The van der Waals surface area contributed by atoms with Crippen LogP contribution in [0.25, 0.3) is 9.85 Å². The largest absolute Gasteiger partial charge is 0.319 e. The maximum absolute atomic E-state index is 7.16. The zero-order chi connectivity index (χ0) is 11.0. The molecule has 76 valence electrons. The van der Waals surface area contributed by atoms with E-state index < -0.39 is 0 Å². The molecule has 0 radical (unpaired) electrons. The molecule has 0 aromatic carbocycles. The third-order valence-electron chi connectivity index (χ3n) is 2.41. The van der Waals surface area contributed by atoms with Crippen molar-refractivity contribution in [2.24, 2.45) is 0 Å². The van der Waals surface area contributed by atoms with Gasteiger partial charge in [-0.1, -0.05) is 0 Å². The third kappa shape index (κ3) is 1.57. The van der Waals surface area contributed by atoms with E-state index in [0.717, 1.165) is 10.7 Å². The van der Waals surface area contributed by atoms with E-state index in [2.05, 4.69) is 35.4 Å². The highest BCUT2D eigenvalue weighted by molar-refractivity contribution is 7.15. The maximum atomic E-state index is 7.16. The van der Waals surface area contributed by atoms with Crippen LogP contribution >= 0.6 is 11.3 Å². The molecule has 2 heterocycles. The molecule has 0 aliphatic carbocycles. The molecule has 3 heteroatoms. The highest BCUT2D eigenvalue weighted by Gasteiger charge is 2.11. The van der Waals surface area contributed by atoms with Crippen LogP contribution < -0.4 is 0 Å². The molecule has 2 nitrogen and oxygen atoms in total. The zero-order valence-electron chi connectivity index (χ0n) is 9.03. The smallest absolute Gasteiger partial charge is 0.221 e. The van der Waals surface area contributed by atoms with E-state index in [0.29, 0.717) is 0 Å². The number of rotatable bonds is 1. The van der Waals surface area contributed by atoms with Crippen LogP contribution in [-0.4, -0.2) is 4.57 Å². The Balaban J connectivity index is 2.69. The summed E-state index contributed by atoms with van der Waals surface area (Å²) in [5.41, 5.74) is 3.11. The van der Waals surface area contributed by atoms with Gasteiger partial charge in [0.05, 0.1) is 6.57 Å². The summed E-state index contributed by atoms with van der Waals surface area (Å²) in [6.07, 6.45) is 0. The lowest BCUT2D eigenvalue weighted by Crippen LogP contribution is -1.95. The van der Waals surface area contributed by atoms with Crippen molar-refractivity contribution < 1.29 is 0 Å². The molecule has 0 bridgehead atoms. The minimum Gasteiger partial charge on any atom is -0.319 e. The average Bonchev–Trinajstić information content (AvgIpc) is 2.70. The van der Waals surface area contributed by atoms with E-state index in [9.17, 15) is 0 Å². The lowest BCUT2D eigenvalue weighted by Gasteiger charge is -2.06. The van der Waals surface area contributed by atoms with E-state index in [1.54, 1.807) is 11.3 Å². The van der Waals surface area contributed by atoms with E-state index in [1.807, 2.05) is 13.0 Å². The predicted molar refractivity (Wildman–Crippen MR) is 64.1 cm³/mol. The van der Waals surface area contributed by atoms with Crippen molar-refractivity contribution in [2.45, 2.75) is 20.8 Å². The Morgan fingerprint density at radius 1 is 1.20 bits per heavy atom. The maximum Gasteiger partial charge on any atom is 0.221 e. The SMILES string of the molecule is [C-]#[N+]c1cc(C)sc1-n1c(C)ccc1C. The van der Waals surface area contributed by atoms with Crippen molar-refractivity contribution in [1.29, 1.82) is 0 Å². The molecule has 2 rings (SSSR count). The summed E-state index contributed by atoms with van der Waals surface area (Å²) < 4.78 is 2.14. The van der Waals surface area contributed by atoms with Gasteiger partial charge in [-0.3, -0.25) is 0 Å². The first-order valence-corrected chi connectivity index (χ1v) is 5.58. The molecule has 0 aliphatic rings. The normalized spacial score (nSPS) is 10.3. The molecule has 0 atom stereocenters. The second kappa shape index (κ2) is 3.56. The summed E-state index contributed by atoms with van der Waals surface area (Å²) in [4.78, 5) is 4.75. The number of aryl methyl sites for hydroxylation is 3. The van der Waals surface area contributed by atoms with Gasteiger partial charge >= 0.3 is 0 Å². The molecule has 0 amide bonds. The highest BCUT2D eigenvalue weighted by Crippen LogP contribution is 2.34. The predicted octanol–water partition coefficient (Wildman–Crippen LogP) is 4.01. The van der Waals surface area contributed by atoms with Crippen LogP contribution in [-0.2, 0) is 0 Å². The molecule has 15 heavy (non-hydrogen) atoms. The Kier molecular flexibility index (Phi) is 2.37. The Morgan fingerprint density at radius 3 is 2.33 bits per heavy atom. The molecule has 2 aromatic heterocycles. The molecule has 0 unspecified atom stereocenters. The molecule has 0 spiro atoms. The first-order chi connectivity index (χ1) is 7.13. The molecule has 0 aliphatic heterocycles. The summed E-state index contributed by atoms with van der Waals surface area (Å²) in [7, 11) is 0. The van der Waals surface area contributed by atoms with Gasteiger partial charge in [0.15, 0.2) is 0 Å². The van der Waals surface area contributed by atoms with Gasteiger partial charge in [-0.25, -0.2) is 4.85 Å². The van der Waals surface area contributed by atoms with Gasteiger partial charge in [0.25, 0.3) is 0 Å². The molecule has 2 aromatic rings. The highest BCUT2D eigenvalue weighted by atomic mass is 32.1. The fraction of sp³-hybridized carbons (Fsp3) is 0.250. The monoisotopic (exact) mass is 216 g/mol. The summed E-state index contributed by atoms with van der Waals surface area (Å²) in [5, 5.41) is 1.04. The Hall–Kier alpha value is -1.53. The van der Waals surface area contributed by atoms with E-state index in [4.69, 9.17) is 6.57 Å². The van der Waals surface area contributed by atoms with E-state index in [1.165, 1.54) is 16.3 Å².